The maximum absolute atomic E-state index is 12.7. The SMILES string of the molecule is CCn1cc(CN2CCC(C(=O)NC[C@@H](C)c3ccccc3)CC2)c2cc(OC)ccc21. The van der Waals surface area contributed by atoms with Crippen molar-refractivity contribution in [2.24, 2.45) is 5.92 Å². The lowest BCUT2D eigenvalue weighted by Crippen LogP contribution is -2.41. The number of hydrogen-bond donors (Lipinski definition) is 1. The van der Waals surface area contributed by atoms with Crippen LogP contribution in [-0.2, 0) is 17.9 Å². The first-order chi connectivity index (χ1) is 15.6. The molecule has 5 heteroatoms. The van der Waals surface area contributed by atoms with E-state index in [0.29, 0.717) is 12.5 Å². The predicted octanol–water partition coefficient (Wildman–Crippen LogP) is 4.80. The van der Waals surface area contributed by atoms with Crippen molar-refractivity contribution < 1.29 is 9.53 Å². The van der Waals surface area contributed by atoms with Gasteiger partial charge in [-0.3, -0.25) is 9.69 Å². The Hall–Kier alpha value is -2.79. The van der Waals surface area contributed by atoms with Crippen molar-refractivity contribution in [2.45, 2.75) is 45.7 Å². The molecule has 0 aliphatic carbocycles. The van der Waals surface area contributed by atoms with E-state index in [1.165, 1.54) is 22.0 Å². The number of aromatic nitrogens is 1. The highest BCUT2D eigenvalue weighted by Crippen LogP contribution is 2.28. The van der Waals surface area contributed by atoms with Gasteiger partial charge in [0.1, 0.15) is 5.75 Å². The Labute approximate surface area is 191 Å². The quantitative estimate of drug-likeness (QED) is 0.555. The number of benzene rings is 2. The minimum Gasteiger partial charge on any atom is -0.497 e. The molecule has 0 bridgehead atoms. The molecule has 1 fully saturated rings. The molecule has 0 unspecified atom stereocenters. The molecule has 3 aromatic rings. The van der Waals surface area contributed by atoms with Crippen LogP contribution in [-0.4, -0.2) is 42.1 Å². The number of amides is 1. The van der Waals surface area contributed by atoms with Crippen LogP contribution in [0.15, 0.2) is 54.7 Å². The molecule has 5 nitrogen and oxygen atoms in total. The predicted molar refractivity (Wildman–Crippen MR) is 130 cm³/mol. The third-order valence-corrected chi connectivity index (χ3v) is 6.81. The van der Waals surface area contributed by atoms with Gasteiger partial charge in [0.15, 0.2) is 0 Å². The minimum atomic E-state index is 0.117. The highest BCUT2D eigenvalue weighted by molar-refractivity contribution is 5.85. The first-order valence-electron chi connectivity index (χ1n) is 11.8. The number of fused-ring (bicyclic) bond motifs is 1. The smallest absolute Gasteiger partial charge is 0.223 e. The monoisotopic (exact) mass is 433 g/mol. The lowest BCUT2D eigenvalue weighted by atomic mass is 9.95. The summed E-state index contributed by atoms with van der Waals surface area (Å²) in [7, 11) is 1.72. The summed E-state index contributed by atoms with van der Waals surface area (Å²) >= 11 is 0. The van der Waals surface area contributed by atoms with E-state index in [1.807, 2.05) is 12.1 Å². The highest BCUT2D eigenvalue weighted by Gasteiger charge is 2.26. The van der Waals surface area contributed by atoms with E-state index >= 15 is 0 Å². The van der Waals surface area contributed by atoms with Crippen molar-refractivity contribution in [2.75, 3.05) is 26.7 Å². The van der Waals surface area contributed by atoms with E-state index < -0.39 is 0 Å². The summed E-state index contributed by atoms with van der Waals surface area (Å²) in [6, 6.07) is 16.7. The molecule has 1 saturated heterocycles. The summed E-state index contributed by atoms with van der Waals surface area (Å²) in [5.74, 6) is 1.55. The number of aryl methyl sites for hydroxylation is 1. The summed E-state index contributed by atoms with van der Waals surface area (Å²) in [5.41, 5.74) is 3.86. The third kappa shape index (κ3) is 4.99. The summed E-state index contributed by atoms with van der Waals surface area (Å²) < 4.78 is 7.75. The van der Waals surface area contributed by atoms with E-state index in [4.69, 9.17) is 4.74 Å². The zero-order valence-electron chi connectivity index (χ0n) is 19.5. The second-order valence-corrected chi connectivity index (χ2v) is 8.93. The number of ether oxygens (including phenoxy) is 1. The molecule has 0 saturated carbocycles. The maximum atomic E-state index is 12.7. The largest absolute Gasteiger partial charge is 0.497 e. The van der Waals surface area contributed by atoms with Gasteiger partial charge in [-0.25, -0.2) is 0 Å². The summed E-state index contributed by atoms with van der Waals surface area (Å²) in [4.78, 5) is 15.2. The van der Waals surface area contributed by atoms with E-state index in [-0.39, 0.29) is 11.8 Å². The van der Waals surface area contributed by atoms with Crippen LogP contribution in [0.2, 0.25) is 0 Å². The number of nitrogens with zero attached hydrogens (tertiary/aromatic N) is 2. The van der Waals surface area contributed by atoms with Gasteiger partial charge < -0.3 is 14.6 Å². The zero-order chi connectivity index (χ0) is 22.5. The second-order valence-electron chi connectivity index (χ2n) is 8.93. The Bertz CT molecular complexity index is 1040. The number of rotatable bonds is 8. The van der Waals surface area contributed by atoms with Gasteiger partial charge in [0.25, 0.3) is 0 Å². The van der Waals surface area contributed by atoms with E-state index in [1.54, 1.807) is 7.11 Å². The van der Waals surface area contributed by atoms with E-state index in [9.17, 15) is 4.79 Å². The Balaban J connectivity index is 1.32. The number of methoxy groups -OCH3 is 1. The molecule has 1 atom stereocenters. The van der Waals surface area contributed by atoms with Crippen molar-refractivity contribution in [1.29, 1.82) is 0 Å². The number of piperidine rings is 1. The Morgan fingerprint density at radius 1 is 1.16 bits per heavy atom. The minimum absolute atomic E-state index is 0.117. The number of hydrogen-bond acceptors (Lipinski definition) is 3. The molecule has 2 heterocycles. The van der Waals surface area contributed by atoms with E-state index in [2.05, 4.69) is 71.2 Å². The van der Waals surface area contributed by atoms with Gasteiger partial charge >= 0.3 is 0 Å². The first kappa shape index (κ1) is 22.4. The summed E-state index contributed by atoms with van der Waals surface area (Å²) in [6.07, 6.45) is 4.11. The average Bonchev–Trinajstić information content (AvgIpc) is 3.19. The van der Waals surface area contributed by atoms with Crippen molar-refractivity contribution in [1.82, 2.24) is 14.8 Å². The van der Waals surface area contributed by atoms with Gasteiger partial charge in [0.05, 0.1) is 7.11 Å². The molecule has 1 aromatic heterocycles. The van der Waals surface area contributed by atoms with Crippen LogP contribution in [0.3, 0.4) is 0 Å². The summed E-state index contributed by atoms with van der Waals surface area (Å²) in [5, 5.41) is 4.45. The third-order valence-electron chi connectivity index (χ3n) is 6.81. The topological polar surface area (TPSA) is 46.5 Å². The van der Waals surface area contributed by atoms with E-state index in [0.717, 1.165) is 44.8 Å². The summed E-state index contributed by atoms with van der Waals surface area (Å²) in [6.45, 7) is 8.81. The van der Waals surface area contributed by atoms with Crippen molar-refractivity contribution in [3.05, 3.63) is 65.9 Å². The van der Waals surface area contributed by atoms with Crippen LogP contribution in [0.1, 0.15) is 43.7 Å². The average molecular weight is 434 g/mol. The number of likely N-dealkylation sites (tertiary alicyclic amines) is 1. The van der Waals surface area contributed by atoms with Gasteiger partial charge in [-0.2, -0.15) is 0 Å². The molecule has 1 N–H and O–H groups in total. The molecule has 170 valence electrons. The standard InChI is InChI=1S/C27H35N3O2/c1-4-30-19-23(25-16-24(32-3)10-11-26(25)30)18-29-14-12-22(13-15-29)27(31)28-17-20(2)21-8-6-5-7-9-21/h5-11,16,19-20,22H,4,12-15,17-18H2,1-3H3,(H,28,31)/t20-/m1/s1. The fourth-order valence-electron chi connectivity index (χ4n) is 4.76. The fraction of sp³-hybridized carbons (Fsp3) is 0.444. The van der Waals surface area contributed by atoms with Gasteiger partial charge in [0, 0.05) is 42.7 Å². The molecule has 0 spiro atoms. The zero-order valence-corrected chi connectivity index (χ0v) is 19.5. The van der Waals surface area contributed by atoms with Crippen LogP contribution in [0, 0.1) is 5.92 Å². The van der Waals surface area contributed by atoms with Gasteiger partial charge in [0.2, 0.25) is 5.91 Å². The van der Waals surface area contributed by atoms with Crippen molar-refractivity contribution >= 4 is 16.8 Å². The first-order valence-corrected chi connectivity index (χ1v) is 11.8. The van der Waals surface area contributed by atoms with Crippen molar-refractivity contribution in [3.63, 3.8) is 0 Å². The second kappa shape index (κ2) is 10.2. The van der Waals surface area contributed by atoms with Crippen LogP contribution in [0.25, 0.3) is 10.9 Å². The van der Waals surface area contributed by atoms with Gasteiger partial charge in [-0.05, 0) is 68.1 Å². The molecule has 4 rings (SSSR count). The van der Waals surface area contributed by atoms with Crippen molar-refractivity contribution in [3.8, 4) is 5.75 Å². The van der Waals surface area contributed by atoms with Crippen LogP contribution < -0.4 is 10.1 Å². The lowest BCUT2D eigenvalue weighted by Gasteiger charge is -2.31. The highest BCUT2D eigenvalue weighted by atomic mass is 16.5. The normalized spacial score (nSPS) is 16.2. The molecule has 1 aliphatic heterocycles. The molecule has 1 aliphatic rings. The molecule has 32 heavy (non-hydrogen) atoms. The number of nitrogens with one attached hydrogen (secondary N) is 1. The molecule has 1 amide bonds. The van der Waals surface area contributed by atoms with Crippen LogP contribution >= 0.6 is 0 Å². The Morgan fingerprint density at radius 3 is 2.59 bits per heavy atom. The lowest BCUT2D eigenvalue weighted by molar-refractivity contribution is -0.126. The molecule has 2 aromatic carbocycles. The Morgan fingerprint density at radius 2 is 1.91 bits per heavy atom. The number of carbonyl (C=O) groups is 1. The van der Waals surface area contributed by atoms with Gasteiger partial charge in [-0.1, -0.05) is 37.3 Å². The Kier molecular flexibility index (Phi) is 7.15. The maximum Gasteiger partial charge on any atom is 0.223 e. The van der Waals surface area contributed by atoms with Gasteiger partial charge in [-0.15, -0.1) is 0 Å². The fourth-order valence-corrected chi connectivity index (χ4v) is 4.76. The molecular weight excluding hydrogens is 398 g/mol. The molecular formula is C27H35N3O2. The number of carbonyl (C=O) groups excluding carboxylic acids is 1. The molecule has 0 radical (unpaired) electrons. The van der Waals surface area contributed by atoms with Crippen LogP contribution in [0.4, 0.5) is 0 Å². The van der Waals surface area contributed by atoms with Crippen LogP contribution in [0.5, 0.6) is 5.75 Å².